The smallest absolute Gasteiger partial charge is 0.228 e. The van der Waals surface area contributed by atoms with Gasteiger partial charge in [-0.25, -0.2) is 4.98 Å². The zero-order valence-electron chi connectivity index (χ0n) is 11.5. The Hall–Kier alpha value is -1.36. The second kappa shape index (κ2) is 5.74. The molecule has 104 valence electrons. The summed E-state index contributed by atoms with van der Waals surface area (Å²) < 4.78 is 5.20. The summed E-state index contributed by atoms with van der Waals surface area (Å²) in [6.45, 7) is 2.09. The van der Waals surface area contributed by atoms with Crippen LogP contribution in [0.1, 0.15) is 32.1 Å². The number of hydrogen-bond acceptors (Lipinski definition) is 5. The minimum Gasteiger partial charge on any atom is -0.481 e. The molecule has 5 nitrogen and oxygen atoms in total. The first-order chi connectivity index (χ1) is 9.36. The Morgan fingerprint density at radius 3 is 3.05 bits per heavy atom. The lowest BCUT2D eigenvalue weighted by atomic mass is 10.0. The number of methoxy groups -OCH3 is 1. The number of ether oxygens (including phenoxy) is 1. The molecule has 1 aliphatic heterocycles. The lowest BCUT2D eigenvalue weighted by molar-refractivity contribution is 0.391. The van der Waals surface area contributed by atoms with Crippen molar-refractivity contribution >= 4 is 5.95 Å². The molecule has 0 spiro atoms. The molecule has 0 radical (unpaired) electrons. The van der Waals surface area contributed by atoms with Crippen molar-refractivity contribution in [1.82, 2.24) is 15.3 Å². The van der Waals surface area contributed by atoms with Crippen LogP contribution < -0.4 is 15.0 Å². The van der Waals surface area contributed by atoms with Gasteiger partial charge in [0.25, 0.3) is 0 Å². The Balaban J connectivity index is 1.70. The van der Waals surface area contributed by atoms with Crippen molar-refractivity contribution in [3.05, 3.63) is 12.3 Å². The van der Waals surface area contributed by atoms with E-state index >= 15 is 0 Å². The Morgan fingerprint density at radius 1 is 1.37 bits per heavy atom. The zero-order valence-corrected chi connectivity index (χ0v) is 11.5. The molecule has 0 aromatic carbocycles. The largest absolute Gasteiger partial charge is 0.481 e. The second-order valence-electron chi connectivity index (χ2n) is 5.42. The number of anilines is 1. The second-order valence-corrected chi connectivity index (χ2v) is 5.42. The number of nitrogens with zero attached hydrogens (tertiary/aromatic N) is 3. The summed E-state index contributed by atoms with van der Waals surface area (Å²) in [5.74, 6) is 1.45. The number of piperidine rings is 1. The van der Waals surface area contributed by atoms with Crippen LogP contribution in [0, 0.1) is 0 Å². The van der Waals surface area contributed by atoms with E-state index in [2.05, 4.69) is 20.2 Å². The Kier molecular flexibility index (Phi) is 3.82. The normalized spacial score (nSPS) is 23.4. The fourth-order valence-electron chi connectivity index (χ4n) is 2.65. The van der Waals surface area contributed by atoms with Gasteiger partial charge in [0, 0.05) is 37.4 Å². The fourth-order valence-corrected chi connectivity index (χ4v) is 2.65. The van der Waals surface area contributed by atoms with Gasteiger partial charge in [-0.3, -0.25) is 0 Å². The molecule has 1 saturated heterocycles. The molecule has 19 heavy (non-hydrogen) atoms. The van der Waals surface area contributed by atoms with Gasteiger partial charge in [-0.15, -0.1) is 0 Å². The molecule has 5 heteroatoms. The molecule has 1 aromatic heterocycles. The van der Waals surface area contributed by atoms with Crippen LogP contribution in [-0.2, 0) is 0 Å². The van der Waals surface area contributed by atoms with Crippen LogP contribution in [0.25, 0.3) is 0 Å². The molecule has 2 fully saturated rings. The van der Waals surface area contributed by atoms with E-state index in [-0.39, 0.29) is 0 Å². The Morgan fingerprint density at radius 2 is 2.26 bits per heavy atom. The van der Waals surface area contributed by atoms with Crippen LogP contribution in [0.5, 0.6) is 5.88 Å². The van der Waals surface area contributed by atoms with Crippen molar-refractivity contribution < 1.29 is 4.74 Å². The van der Waals surface area contributed by atoms with Crippen molar-refractivity contribution in [2.45, 2.75) is 44.2 Å². The van der Waals surface area contributed by atoms with Gasteiger partial charge in [0.05, 0.1) is 7.11 Å². The van der Waals surface area contributed by atoms with Gasteiger partial charge in [0.1, 0.15) is 0 Å². The summed E-state index contributed by atoms with van der Waals surface area (Å²) in [5.41, 5.74) is 0. The summed E-state index contributed by atoms with van der Waals surface area (Å²) in [7, 11) is 1.65. The number of nitrogens with one attached hydrogen (secondary N) is 1. The maximum absolute atomic E-state index is 5.20. The zero-order chi connectivity index (χ0) is 13.1. The molecule has 1 saturated carbocycles. The maximum Gasteiger partial charge on any atom is 0.228 e. The Labute approximate surface area is 114 Å². The van der Waals surface area contributed by atoms with Gasteiger partial charge in [-0.1, -0.05) is 0 Å². The quantitative estimate of drug-likeness (QED) is 0.873. The van der Waals surface area contributed by atoms with E-state index in [1.165, 1.54) is 32.1 Å². The lowest BCUT2D eigenvalue weighted by Crippen LogP contribution is -2.46. The molecule has 0 bridgehead atoms. The van der Waals surface area contributed by atoms with Crippen molar-refractivity contribution in [2.75, 3.05) is 25.1 Å². The van der Waals surface area contributed by atoms with Crippen LogP contribution in [0.2, 0.25) is 0 Å². The van der Waals surface area contributed by atoms with Crippen LogP contribution in [0.15, 0.2) is 12.3 Å². The standard InChI is InChI=1S/C14H22N4O/c1-19-13-7-8-15-14(17-13)18-9-3-2-4-12(18)10-16-11-5-6-11/h7-8,11-12,16H,2-6,9-10H2,1H3. The number of rotatable bonds is 5. The molecule has 2 heterocycles. The highest BCUT2D eigenvalue weighted by Gasteiger charge is 2.27. The average Bonchev–Trinajstić information content (AvgIpc) is 3.30. The number of hydrogen-bond donors (Lipinski definition) is 1. The van der Waals surface area contributed by atoms with E-state index < -0.39 is 0 Å². The molecule has 1 atom stereocenters. The molecule has 1 N–H and O–H groups in total. The fraction of sp³-hybridized carbons (Fsp3) is 0.714. The summed E-state index contributed by atoms with van der Waals surface area (Å²) in [5, 5.41) is 3.63. The SMILES string of the molecule is COc1ccnc(N2CCCCC2CNC2CC2)n1. The summed E-state index contributed by atoms with van der Waals surface area (Å²) in [4.78, 5) is 11.2. The van der Waals surface area contributed by atoms with Gasteiger partial charge in [0.15, 0.2) is 0 Å². The molecule has 2 aliphatic rings. The summed E-state index contributed by atoms with van der Waals surface area (Å²) in [6.07, 6.45) is 8.20. The average molecular weight is 262 g/mol. The van der Waals surface area contributed by atoms with Gasteiger partial charge < -0.3 is 15.0 Å². The molecule has 0 amide bonds. The third kappa shape index (κ3) is 3.15. The molecule has 3 rings (SSSR count). The van der Waals surface area contributed by atoms with E-state index in [9.17, 15) is 0 Å². The first kappa shape index (κ1) is 12.7. The molecule has 1 aliphatic carbocycles. The topological polar surface area (TPSA) is 50.3 Å². The minimum absolute atomic E-state index is 0.515. The Bertz CT molecular complexity index is 422. The highest BCUT2D eigenvalue weighted by atomic mass is 16.5. The van der Waals surface area contributed by atoms with E-state index in [0.717, 1.165) is 25.1 Å². The van der Waals surface area contributed by atoms with Gasteiger partial charge in [0.2, 0.25) is 11.8 Å². The number of aromatic nitrogens is 2. The third-order valence-electron chi connectivity index (χ3n) is 3.93. The van der Waals surface area contributed by atoms with Crippen molar-refractivity contribution in [2.24, 2.45) is 0 Å². The summed E-state index contributed by atoms with van der Waals surface area (Å²) >= 11 is 0. The maximum atomic E-state index is 5.20. The lowest BCUT2D eigenvalue weighted by Gasteiger charge is -2.36. The van der Waals surface area contributed by atoms with Crippen LogP contribution >= 0.6 is 0 Å². The summed E-state index contributed by atoms with van der Waals surface area (Å²) in [6, 6.07) is 3.07. The van der Waals surface area contributed by atoms with Crippen LogP contribution in [0.3, 0.4) is 0 Å². The van der Waals surface area contributed by atoms with Gasteiger partial charge in [-0.05, 0) is 32.1 Å². The van der Waals surface area contributed by atoms with E-state index in [4.69, 9.17) is 4.74 Å². The molecular formula is C14H22N4O. The van der Waals surface area contributed by atoms with Gasteiger partial charge >= 0.3 is 0 Å². The van der Waals surface area contributed by atoms with Crippen molar-refractivity contribution in [1.29, 1.82) is 0 Å². The van der Waals surface area contributed by atoms with E-state index in [1.54, 1.807) is 19.4 Å². The predicted molar refractivity (Wildman–Crippen MR) is 74.6 cm³/mol. The highest BCUT2D eigenvalue weighted by molar-refractivity contribution is 5.34. The van der Waals surface area contributed by atoms with Gasteiger partial charge in [-0.2, -0.15) is 4.98 Å². The van der Waals surface area contributed by atoms with Crippen molar-refractivity contribution in [3.8, 4) is 5.88 Å². The molecule has 1 aromatic rings. The first-order valence-corrected chi connectivity index (χ1v) is 7.24. The van der Waals surface area contributed by atoms with E-state index in [0.29, 0.717) is 11.9 Å². The van der Waals surface area contributed by atoms with Crippen LogP contribution in [-0.4, -0.2) is 42.3 Å². The van der Waals surface area contributed by atoms with E-state index in [1.807, 2.05) is 0 Å². The molecule has 1 unspecified atom stereocenters. The first-order valence-electron chi connectivity index (χ1n) is 7.24. The third-order valence-corrected chi connectivity index (χ3v) is 3.93. The van der Waals surface area contributed by atoms with Crippen molar-refractivity contribution in [3.63, 3.8) is 0 Å². The molecular weight excluding hydrogens is 240 g/mol. The minimum atomic E-state index is 0.515. The monoisotopic (exact) mass is 262 g/mol. The predicted octanol–water partition coefficient (Wildman–Crippen LogP) is 1.60. The highest BCUT2D eigenvalue weighted by Crippen LogP contribution is 2.24. The van der Waals surface area contributed by atoms with Crippen LogP contribution in [0.4, 0.5) is 5.95 Å².